The van der Waals surface area contributed by atoms with Crippen LogP contribution in [-0.2, 0) is 10.0 Å². The first-order valence-corrected chi connectivity index (χ1v) is 6.82. The fraction of sp³-hybridized carbons (Fsp3) is 0.417. The van der Waals surface area contributed by atoms with Crippen LogP contribution in [0.4, 0.5) is 0 Å². The molecule has 4 nitrogen and oxygen atoms in total. The number of rotatable bonds is 5. The van der Waals surface area contributed by atoms with E-state index in [0.717, 1.165) is 5.56 Å². The van der Waals surface area contributed by atoms with Crippen LogP contribution < -0.4 is 0 Å². The van der Waals surface area contributed by atoms with Gasteiger partial charge in [-0.15, -0.1) is 0 Å². The van der Waals surface area contributed by atoms with Gasteiger partial charge in [-0.05, 0) is 25.5 Å². The molecule has 0 aliphatic carbocycles. The van der Waals surface area contributed by atoms with E-state index >= 15 is 0 Å². The summed E-state index contributed by atoms with van der Waals surface area (Å²) in [6.45, 7) is 2.27. The van der Waals surface area contributed by atoms with Crippen LogP contribution in [0.3, 0.4) is 0 Å². The number of nitriles is 1. The monoisotopic (exact) mass is 252 g/mol. The van der Waals surface area contributed by atoms with E-state index in [1.807, 2.05) is 13.0 Å². The molecule has 0 fully saturated rings. The van der Waals surface area contributed by atoms with Crippen molar-refractivity contribution in [3.8, 4) is 6.07 Å². The number of hydrogen-bond acceptors (Lipinski definition) is 3. The Balaban J connectivity index is 2.81. The Morgan fingerprint density at radius 1 is 1.29 bits per heavy atom. The largest absolute Gasteiger partial charge is 0.242 e. The third kappa shape index (κ3) is 3.55. The van der Waals surface area contributed by atoms with Gasteiger partial charge >= 0.3 is 0 Å². The van der Waals surface area contributed by atoms with E-state index in [9.17, 15) is 8.42 Å². The van der Waals surface area contributed by atoms with Crippen LogP contribution >= 0.6 is 0 Å². The lowest BCUT2D eigenvalue weighted by Gasteiger charge is -2.16. The van der Waals surface area contributed by atoms with Crippen molar-refractivity contribution in [1.29, 1.82) is 5.26 Å². The van der Waals surface area contributed by atoms with Crippen LogP contribution in [0.15, 0.2) is 29.2 Å². The standard InChI is InChI=1S/C12H16N2O2S/c1-11-5-7-12(8-6-11)17(15,16)14(2)10-4-3-9-13/h5-8H,3-4,10H2,1-2H3. The van der Waals surface area contributed by atoms with E-state index in [0.29, 0.717) is 24.3 Å². The molecule has 0 radical (unpaired) electrons. The number of sulfonamides is 1. The second-order valence-corrected chi connectivity index (χ2v) is 5.95. The second kappa shape index (κ2) is 5.80. The Morgan fingerprint density at radius 3 is 2.41 bits per heavy atom. The lowest BCUT2D eigenvalue weighted by atomic mass is 10.2. The summed E-state index contributed by atoms with van der Waals surface area (Å²) in [5.41, 5.74) is 1.02. The molecule has 1 rings (SSSR count). The zero-order valence-electron chi connectivity index (χ0n) is 10.0. The summed E-state index contributed by atoms with van der Waals surface area (Å²) in [7, 11) is -1.88. The smallest absolute Gasteiger partial charge is 0.207 e. The van der Waals surface area contributed by atoms with E-state index in [2.05, 4.69) is 0 Å². The molecule has 0 saturated carbocycles. The highest BCUT2D eigenvalue weighted by atomic mass is 32.2. The molecule has 0 aliphatic heterocycles. The van der Waals surface area contributed by atoms with Crippen LogP contribution in [0, 0.1) is 18.3 Å². The Labute approximate surface area is 103 Å². The fourth-order valence-corrected chi connectivity index (χ4v) is 2.60. The quantitative estimate of drug-likeness (QED) is 0.752. The van der Waals surface area contributed by atoms with Crippen molar-refractivity contribution in [3.05, 3.63) is 29.8 Å². The van der Waals surface area contributed by atoms with E-state index in [-0.39, 0.29) is 0 Å². The number of hydrogen-bond donors (Lipinski definition) is 0. The third-order valence-corrected chi connectivity index (χ3v) is 4.36. The molecule has 1 aromatic rings. The van der Waals surface area contributed by atoms with Crippen molar-refractivity contribution in [1.82, 2.24) is 4.31 Å². The minimum absolute atomic E-state index is 0.294. The molecule has 0 aliphatic rings. The minimum atomic E-state index is -3.41. The van der Waals surface area contributed by atoms with E-state index in [4.69, 9.17) is 5.26 Å². The molecule has 0 aromatic heterocycles. The lowest BCUT2D eigenvalue weighted by Crippen LogP contribution is -2.27. The Bertz CT molecular complexity index is 500. The van der Waals surface area contributed by atoms with Crippen molar-refractivity contribution in [2.45, 2.75) is 24.7 Å². The molecule has 0 bridgehead atoms. The highest BCUT2D eigenvalue weighted by Gasteiger charge is 2.19. The molecular weight excluding hydrogens is 236 g/mol. The molecule has 1 aromatic carbocycles. The lowest BCUT2D eigenvalue weighted by molar-refractivity contribution is 0.463. The van der Waals surface area contributed by atoms with E-state index in [1.54, 1.807) is 24.3 Å². The predicted molar refractivity (Wildman–Crippen MR) is 65.8 cm³/mol. The summed E-state index contributed by atoms with van der Waals surface area (Å²) in [5, 5.41) is 8.41. The molecule has 0 amide bonds. The maximum Gasteiger partial charge on any atom is 0.242 e. The van der Waals surface area contributed by atoms with Gasteiger partial charge in [-0.1, -0.05) is 17.7 Å². The van der Waals surface area contributed by atoms with Gasteiger partial charge in [0.1, 0.15) is 0 Å². The first-order chi connectivity index (χ1) is 7.98. The summed E-state index contributed by atoms with van der Waals surface area (Å²) in [5.74, 6) is 0. The highest BCUT2D eigenvalue weighted by molar-refractivity contribution is 7.89. The zero-order chi connectivity index (χ0) is 12.9. The number of benzene rings is 1. The number of aryl methyl sites for hydroxylation is 1. The Hall–Kier alpha value is -1.38. The third-order valence-electron chi connectivity index (χ3n) is 2.49. The summed E-state index contributed by atoms with van der Waals surface area (Å²) in [6.07, 6.45) is 0.922. The van der Waals surface area contributed by atoms with E-state index in [1.165, 1.54) is 11.4 Å². The zero-order valence-corrected chi connectivity index (χ0v) is 10.9. The second-order valence-electron chi connectivity index (χ2n) is 3.90. The topological polar surface area (TPSA) is 61.2 Å². The van der Waals surface area contributed by atoms with Crippen molar-refractivity contribution in [2.24, 2.45) is 0 Å². The molecule has 0 spiro atoms. The van der Waals surface area contributed by atoms with Gasteiger partial charge in [-0.3, -0.25) is 0 Å². The van der Waals surface area contributed by atoms with Gasteiger partial charge in [0.05, 0.1) is 11.0 Å². The molecule has 92 valence electrons. The van der Waals surface area contributed by atoms with Gasteiger partial charge in [0, 0.05) is 20.0 Å². The van der Waals surface area contributed by atoms with Crippen molar-refractivity contribution in [3.63, 3.8) is 0 Å². The maximum absolute atomic E-state index is 12.1. The molecular formula is C12H16N2O2S. The first kappa shape index (κ1) is 13.7. The summed E-state index contributed by atoms with van der Waals surface area (Å²) >= 11 is 0. The molecule has 0 unspecified atom stereocenters. The molecule has 0 atom stereocenters. The number of unbranched alkanes of at least 4 members (excludes halogenated alkanes) is 1. The van der Waals surface area contributed by atoms with Crippen molar-refractivity contribution in [2.75, 3.05) is 13.6 Å². The van der Waals surface area contributed by atoms with Crippen LogP contribution in [0.1, 0.15) is 18.4 Å². The normalized spacial score (nSPS) is 11.4. The molecule has 5 heteroatoms. The van der Waals surface area contributed by atoms with Crippen LogP contribution in [-0.4, -0.2) is 26.3 Å². The molecule has 0 N–H and O–H groups in total. The summed E-state index contributed by atoms with van der Waals surface area (Å²) in [4.78, 5) is 0.294. The van der Waals surface area contributed by atoms with Crippen molar-refractivity contribution >= 4 is 10.0 Å². The summed E-state index contributed by atoms with van der Waals surface area (Å²) in [6, 6.07) is 8.75. The van der Waals surface area contributed by atoms with E-state index < -0.39 is 10.0 Å². The Kier molecular flexibility index (Phi) is 4.67. The van der Waals surface area contributed by atoms with Crippen LogP contribution in [0.2, 0.25) is 0 Å². The number of nitrogens with zero attached hydrogens (tertiary/aromatic N) is 2. The van der Waals surface area contributed by atoms with Crippen LogP contribution in [0.25, 0.3) is 0 Å². The molecule has 0 heterocycles. The molecule has 17 heavy (non-hydrogen) atoms. The predicted octanol–water partition coefficient (Wildman–Crippen LogP) is 1.92. The average molecular weight is 252 g/mol. The maximum atomic E-state index is 12.1. The SMILES string of the molecule is Cc1ccc(S(=O)(=O)N(C)CCCC#N)cc1. The fourth-order valence-electron chi connectivity index (χ4n) is 1.39. The van der Waals surface area contributed by atoms with Gasteiger partial charge in [0.25, 0.3) is 0 Å². The summed E-state index contributed by atoms with van der Waals surface area (Å²) < 4.78 is 25.4. The molecule has 0 saturated heterocycles. The first-order valence-electron chi connectivity index (χ1n) is 5.38. The average Bonchev–Trinajstić information content (AvgIpc) is 2.29. The Morgan fingerprint density at radius 2 is 1.88 bits per heavy atom. The van der Waals surface area contributed by atoms with Gasteiger partial charge in [0.15, 0.2) is 0 Å². The van der Waals surface area contributed by atoms with Crippen molar-refractivity contribution < 1.29 is 8.42 Å². The van der Waals surface area contributed by atoms with Gasteiger partial charge in [-0.25, -0.2) is 12.7 Å². The highest BCUT2D eigenvalue weighted by Crippen LogP contribution is 2.15. The van der Waals surface area contributed by atoms with Gasteiger partial charge < -0.3 is 0 Å². The van der Waals surface area contributed by atoms with Gasteiger partial charge in [-0.2, -0.15) is 5.26 Å². The van der Waals surface area contributed by atoms with Crippen LogP contribution in [0.5, 0.6) is 0 Å². The van der Waals surface area contributed by atoms with Gasteiger partial charge in [0.2, 0.25) is 10.0 Å². The minimum Gasteiger partial charge on any atom is -0.207 e.